The molecule has 1 aliphatic carbocycles. The highest BCUT2D eigenvalue weighted by atomic mass is 16.5. The third kappa shape index (κ3) is 5.82. The Kier molecular flexibility index (Phi) is 8.02. The minimum absolute atomic E-state index is 0.0307. The minimum Gasteiger partial charge on any atom is -0.479 e. The third-order valence-electron chi connectivity index (χ3n) is 6.75. The van der Waals surface area contributed by atoms with Gasteiger partial charge in [0.2, 0.25) is 5.91 Å². The van der Waals surface area contributed by atoms with Crippen LogP contribution in [0, 0.1) is 5.92 Å². The van der Waals surface area contributed by atoms with Crippen LogP contribution in [0.1, 0.15) is 49.7 Å². The summed E-state index contributed by atoms with van der Waals surface area (Å²) in [6.07, 6.45) is 0.673. The Morgan fingerprint density at radius 1 is 1.09 bits per heavy atom. The van der Waals surface area contributed by atoms with Crippen LogP contribution >= 0.6 is 0 Å². The standard InChI is InChI=1S/C27H32N2O6/c1-2-7-18(14-24(30)28-15-17-12-13-34-25(17)26(31)32)29-27(33)35-16-23-21-10-5-3-8-19(21)20-9-4-6-11-22(20)23/h3-6,8-11,17-18,23,25H,2,7,12-16H2,1H3,(H,28,30)(H,29,33)(H,31,32)/t17?,18-,25?/m0/s1. The molecule has 8 nitrogen and oxygen atoms in total. The Balaban J connectivity index is 1.29. The first-order chi connectivity index (χ1) is 17.0. The van der Waals surface area contributed by atoms with Crippen LogP contribution in [0.4, 0.5) is 4.79 Å². The average Bonchev–Trinajstić information content (AvgIpc) is 3.44. The first kappa shape index (κ1) is 24.7. The van der Waals surface area contributed by atoms with Crippen molar-refractivity contribution in [2.75, 3.05) is 19.8 Å². The molecule has 3 atom stereocenters. The van der Waals surface area contributed by atoms with Crippen molar-refractivity contribution < 1.29 is 29.0 Å². The van der Waals surface area contributed by atoms with E-state index >= 15 is 0 Å². The Bertz CT molecular complexity index is 1030. The zero-order valence-electron chi connectivity index (χ0n) is 19.9. The van der Waals surface area contributed by atoms with Crippen LogP contribution in [0.5, 0.6) is 0 Å². The number of aliphatic carboxylic acids is 1. The summed E-state index contributed by atoms with van der Waals surface area (Å²) in [7, 11) is 0. The van der Waals surface area contributed by atoms with E-state index in [1.165, 1.54) is 0 Å². The molecule has 3 N–H and O–H groups in total. The van der Waals surface area contributed by atoms with E-state index in [0.29, 0.717) is 19.4 Å². The monoisotopic (exact) mass is 480 g/mol. The van der Waals surface area contributed by atoms with Crippen LogP contribution in [0.15, 0.2) is 48.5 Å². The maximum Gasteiger partial charge on any atom is 0.407 e. The van der Waals surface area contributed by atoms with Gasteiger partial charge in [0, 0.05) is 37.5 Å². The molecule has 1 heterocycles. The van der Waals surface area contributed by atoms with Gasteiger partial charge in [0.1, 0.15) is 6.61 Å². The number of benzene rings is 2. The summed E-state index contributed by atoms with van der Waals surface area (Å²) in [6, 6.07) is 15.9. The van der Waals surface area contributed by atoms with Gasteiger partial charge in [-0.25, -0.2) is 9.59 Å². The smallest absolute Gasteiger partial charge is 0.407 e. The van der Waals surface area contributed by atoms with Gasteiger partial charge >= 0.3 is 12.1 Å². The number of hydrogen-bond donors (Lipinski definition) is 3. The van der Waals surface area contributed by atoms with E-state index in [4.69, 9.17) is 9.47 Å². The van der Waals surface area contributed by atoms with Crippen LogP contribution in [-0.2, 0) is 19.1 Å². The number of carbonyl (C=O) groups is 3. The van der Waals surface area contributed by atoms with Gasteiger partial charge in [-0.15, -0.1) is 0 Å². The molecule has 0 spiro atoms. The molecule has 8 heteroatoms. The summed E-state index contributed by atoms with van der Waals surface area (Å²) in [6.45, 7) is 2.81. The molecule has 0 saturated carbocycles. The summed E-state index contributed by atoms with van der Waals surface area (Å²) in [4.78, 5) is 36.4. The van der Waals surface area contributed by atoms with E-state index in [2.05, 4.69) is 34.9 Å². The maximum atomic E-state index is 12.6. The molecule has 0 aromatic heterocycles. The van der Waals surface area contributed by atoms with Crippen molar-refractivity contribution in [2.45, 2.75) is 50.7 Å². The van der Waals surface area contributed by atoms with Crippen molar-refractivity contribution in [1.29, 1.82) is 0 Å². The summed E-state index contributed by atoms with van der Waals surface area (Å²) in [5.41, 5.74) is 4.61. The van der Waals surface area contributed by atoms with Gasteiger partial charge in [0.05, 0.1) is 0 Å². The predicted molar refractivity (Wildman–Crippen MR) is 130 cm³/mol. The molecule has 2 aromatic carbocycles. The molecule has 2 amide bonds. The van der Waals surface area contributed by atoms with E-state index in [1.807, 2.05) is 31.2 Å². The second-order valence-corrected chi connectivity index (χ2v) is 9.14. The number of fused-ring (bicyclic) bond motifs is 3. The van der Waals surface area contributed by atoms with E-state index < -0.39 is 18.2 Å². The van der Waals surface area contributed by atoms with Crippen LogP contribution in [0.25, 0.3) is 11.1 Å². The van der Waals surface area contributed by atoms with Crippen LogP contribution in [0.3, 0.4) is 0 Å². The van der Waals surface area contributed by atoms with E-state index in [0.717, 1.165) is 28.7 Å². The van der Waals surface area contributed by atoms with Crippen LogP contribution in [0.2, 0.25) is 0 Å². The van der Waals surface area contributed by atoms with Gasteiger partial charge in [0.25, 0.3) is 0 Å². The number of ether oxygens (including phenoxy) is 2. The topological polar surface area (TPSA) is 114 Å². The fraction of sp³-hybridized carbons (Fsp3) is 0.444. The average molecular weight is 481 g/mol. The lowest BCUT2D eigenvalue weighted by Crippen LogP contribution is -2.41. The number of amides is 2. The maximum absolute atomic E-state index is 12.6. The van der Waals surface area contributed by atoms with Gasteiger partial charge in [-0.1, -0.05) is 61.9 Å². The lowest BCUT2D eigenvalue weighted by molar-refractivity contribution is -0.149. The number of carboxylic acid groups (broad SMARTS) is 1. The number of carboxylic acids is 1. The van der Waals surface area contributed by atoms with Crippen molar-refractivity contribution in [3.05, 3.63) is 59.7 Å². The molecule has 186 valence electrons. The second kappa shape index (κ2) is 11.4. The molecule has 4 rings (SSSR count). The van der Waals surface area contributed by atoms with Gasteiger partial charge in [0.15, 0.2) is 6.10 Å². The van der Waals surface area contributed by atoms with Crippen molar-refractivity contribution >= 4 is 18.0 Å². The van der Waals surface area contributed by atoms with E-state index in [1.54, 1.807) is 0 Å². The lowest BCUT2D eigenvalue weighted by Gasteiger charge is -2.20. The largest absolute Gasteiger partial charge is 0.479 e. The Morgan fingerprint density at radius 2 is 1.74 bits per heavy atom. The normalized spacial score (nSPS) is 19.5. The fourth-order valence-corrected chi connectivity index (χ4v) is 5.04. The number of alkyl carbamates (subject to hydrolysis) is 1. The predicted octanol–water partition coefficient (Wildman–Crippen LogP) is 3.69. The molecule has 1 aliphatic heterocycles. The molecule has 2 aliphatic rings. The Morgan fingerprint density at radius 3 is 2.37 bits per heavy atom. The SMILES string of the molecule is CCC[C@@H](CC(=O)NCC1CCOC1C(=O)O)NC(=O)OCC1c2ccccc2-c2ccccc21. The van der Waals surface area contributed by atoms with Gasteiger partial charge in [-0.05, 0) is 35.1 Å². The first-order valence-electron chi connectivity index (χ1n) is 12.2. The zero-order valence-corrected chi connectivity index (χ0v) is 19.9. The highest BCUT2D eigenvalue weighted by Gasteiger charge is 2.34. The second-order valence-electron chi connectivity index (χ2n) is 9.14. The summed E-state index contributed by atoms with van der Waals surface area (Å²) >= 11 is 0. The van der Waals surface area contributed by atoms with Gasteiger partial charge in [-0.2, -0.15) is 0 Å². The van der Waals surface area contributed by atoms with Crippen LogP contribution < -0.4 is 10.6 Å². The summed E-state index contributed by atoms with van der Waals surface area (Å²) in [5.74, 6) is -1.53. The molecule has 2 unspecified atom stereocenters. The molecule has 2 aromatic rings. The molecular formula is C27H32N2O6. The number of hydrogen-bond acceptors (Lipinski definition) is 5. The number of carbonyl (C=O) groups excluding carboxylic acids is 2. The molecule has 0 radical (unpaired) electrons. The number of rotatable bonds is 10. The highest BCUT2D eigenvalue weighted by Crippen LogP contribution is 2.44. The van der Waals surface area contributed by atoms with Gasteiger partial charge in [-0.3, -0.25) is 4.79 Å². The number of nitrogens with one attached hydrogen (secondary N) is 2. The quantitative estimate of drug-likeness (QED) is 0.478. The lowest BCUT2D eigenvalue weighted by atomic mass is 9.98. The summed E-state index contributed by atoms with van der Waals surface area (Å²) < 4.78 is 10.8. The fourth-order valence-electron chi connectivity index (χ4n) is 5.04. The molecular weight excluding hydrogens is 448 g/mol. The van der Waals surface area contributed by atoms with Crippen molar-refractivity contribution in [3.63, 3.8) is 0 Å². The van der Waals surface area contributed by atoms with E-state index in [-0.39, 0.29) is 43.4 Å². The van der Waals surface area contributed by atoms with Crippen molar-refractivity contribution in [3.8, 4) is 11.1 Å². The van der Waals surface area contributed by atoms with E-state index in [9.17, 15) is 19.5 Å². The first-order valence-corrected chi connectivity index (χ1v) is 12.2. The molecule has 1 saturated heterocycles. The Labute approximate surface area is 205 Å². The van der Waals surface area contributed by atoms with Crippen LogP contribution in [-0.4, -0.2) is 55.0 Å². The van der Waals surface area contributed by atoms with Crippen molar-refractivity contribution in [1.82, 2.24) is 10.6 Å². The molecule has 0 bridgehead atoms. The molecule has 35 heavy (non-hydrogen) atoms. The van der Waals surface area contributed by atoms with Gasteiger partial charge < -0.3 is 25.2 Å². The summed E-state index contributed by atoms with van der Waals surface area (Å²) in [5, 5.41) is 14.8. The zero-order chi connectivity index (χ0) is 24.8. The Hall–Kier alpha value is -3.39. The van der Waals surface area contributed by atoms with Crippen molar-refractivity contribution in [2.24, 2.45) is 5.92 Å². The third-order valence-corrected chi connectivity index (χ3v) is 6.75. The minimum atomic E-state index is -1.01. The molecule has 1 fully saturated rings. The highest BCUT2D eigenvalue weighted by molar-refractivity contribution is 5.80.